The summed E-state index contributed by atoms with van der Waals surface area (Å²) in [4.78, 5) is 4.83. The van der Waals surface area contributed by atoms with Crippen LogP contribution in [0.25, 0.3) is 0 Å². The molecule has 0 unspecified atom stereocenters. The second-order valence-electron chi connectivity index (χ2n) is 6.39. The molecule has 1 saturated heterocycles. The molecule has 1 aromatic rings. The van der Waals surface area contributed by atoms with Crippen LogP contribution in [0, 0.1) is 5.92 Å². The Morgan fingerprint density at radius 3 is 2.52 bits per heavy atom. The van der Waals surface area contributed by atoms with Crippen molar-refractivity contribution in [3.63, 3.8) is 0 Å². The van der Waals surface area contributed by atoms with Crippen LogP contribution in [0.3, 0.4) is 0 Å². The lowest BCUT2D eigenvalue weighted by Crippen LogP contribution is -2.36. The molecule has 3 nitrogen and oxygen atoms in total. The Morgan fingerprint density at radius 2 is 1.86 bits per heavy atom. The summed E-state index contributed by atoms with van der Waals surface area (Å²) in [5.41, 5.74) is 0. The Kier molecular flexibility index (Phi) is 7.04. The van der Waals surface area contributed by atoms with E-state index in [1.54, 1.807) is 0 Å². The third-order valence-electron chi connectivity index (χ3n) is 4.34. The minimum absolute atomic E-state index is 0.801. The molecular weight excluding hydrogens is 260 g/mol. The molecule has 1 heterocycles. The van der Waals surface area contributed by atoms with Crippen LogP contribution in [0.2, 0.25) is 0 Å². The van der Waals surface area contributed by atoms with Crippen molar-refractivity contribution in [3.05, 3.63) is 30.3 Å². The van der Waals surface area contributed by atoms with Gasteiger partial charge in [0.2, 0.25) is 0 Å². The first-order valence-corrected chi connectivity index (χ1v) is 8.29. The highest BCUT2D eigenvalue weighted by atomic mass is 16.5. The number of benzene rings is 1. The largest absolute Gasteiger partial charge is 0.492 e. The highest BCUT2D eigenvalue weighted by Gasteiger charge is 2.18. The minimum atomic E-state index is 0.801. The van der Waals surface area contributed by atoms with E-state index in [1.165, 1.54) is 45.3 Å². The number of rotatable bonds is 8. The first kappa shape index (κ1) is 16.3. The van der Waals surface area contributed by atoms with E-state index in [1.807, 2.05) is 30.3 Å². The van der Waals surface area contributed by atoms with Crippen molar-refractivity contribution < 1.29 is 4.74 Å². The lowest BCUT2D eigenvalue weighted by Gasteiger charge is -2.32. The van der Waals surface area contributed by atoms with Gasteiger partial charge in [-0.1, -0.05) is 18.2 Å². The predicted molar refractivity (Wildman–Crippen MR) is 88.9 cm³/mol. The second-order valence-corrected chi connectivity index (χ2v) is 6.39. The predicted octanol–water partition coefficient (Wildman–Crippen LogP) is 3.12. The van der Waals surface area contributed by atoms with Crippen LogP contribution >= 0.6 is 0 Å². The third-order valence-corrected chi connectivity index (χ3v) is 4.34. The Bertz CT molecular complexity index is 372. The number of ether oxygens (including phenoxy) is 1. The van der Waals surface area contributed by atoms with Crippen LogP contribution in [-0.2, 0) is 0 Å². The zero-order chi connectivity index (χ0) is 14.9. The third kappa shape index (κ3) is 6.49. The molecule has 0 spiro atoms. The maximum Gasteiger partial charge on any atom is 0.119 e. The average Bonchev–Trinajstić information content (AvgIpc) is 2.50. The summed E-state index contributed by atoms with van der Waals surface area (Å²) >= 11 is 0. The van der Waals surface area contributed by atoms with Gasteiger partial charge in [0.15, 0.2) is 0 Å². The highest BCUT2D eigenvalue weighted by Crippen LogP contribution is 2.21. The minimum Gasteiger partial charge on any atom is -0.492 e. The summed E-state index contributed by atoms with van der Waals surface area (Å²) in [5.74, 6) is 1.92. The quantitative estimate of drug-likeness (QED) is 0.731. The van der Waals surface area contributed by atoms with E-state index >= 15 is 0 Å². The number of hydrogen-bond acceptors (Lipinski definition) is 3. The van der Waals surface area contributed by atoms with Gasteiger partial charge in [0.05, 0.1) is 0 Å². The molecule has 1 fully saturated rings. The number of para-hydroxylation sites is 1. The van der Waals surface area contributed by atoms with Gasteiger partial charge in [0.25, 0.3) is 0 Å². The molecule has 0 atom stereocenters. The molecule has 0 N–H and O–H groups in total. The maximum atomic E-state index is 5.78. The van der Waals surface area contributed by atoms with E-state index in [9.17, 15) is 0 Å². The topological polar surface area (TPSA) is 15.7 Å². The van der Waals surface area contributed by atoms with Crippen LogP contribution < -0.4 is 4.74 Å². The number of hydrogen-bond donors (Lipinski definition) is 0. The summed E-state index contributed by atoms with van der Waals surface area (Å²) in [7, 11) is 4.32. The molecule has 0 radical (unpaired) electrons. The molecule has 0 saturated carbocycles. The molecular formula is C18H30N2O. The van der Waals surface area contributed by atoms with Crippen molar-refractivity contribution in [2.24, 2.45) is 5.92 Å². The molecule has 3 heteroatoms. The van der Waals surface area contributed by atoms with Gasteiger partial charge < -0.3 is 9.64 Å². The van der Waals surface area contributed by atoms with Gasteiger partial charge in [-0.05, 0) is 77.5 Å². The molecule has 2 rings (SSSR count). The second kappa shape index (κ2) is 9.06. The molecule has 0 amide bonds. The van der Waals surface area contributed by atoms with Gasteiger partial charge in [0, 0.05) is 6.54 Å². The Balaban J connectivity index is 1.55. The molecule has 1 aromatic carbocycles. The average molecular weight is 290 g/mol. The van der Waals surface area contributed by atoms with Gasteiger partial charge in [0.1, 0.15) is 12.4 Å². The van der Waals surface area contributed by atoms with E-state index in [4.69, 9.17) is 4.74 Å². The molecule has 0 aromatic heterocycles. The van der Waals surface area contributed by atoms with Crippen LogP contribution in [0.15, 0.2) is 30.3 Å². The summed E-state index contributed by atoms with van der Waals surface area (Å²) < 4.78 is 5.78. The summed E-state index contributed by atoms with van der Waals surface area (Å²) in [6, 6.07) is 10.1. The van der Waals surface area contributed by atoms with Crippen molar-refractivity contribution in [1.82, 2.24) is 9.80 Å². The van der Waals surface area contributed by atoms with Gasteiger partial charge >= 0.3 is 0 Å². The van der Waals surface area contributed by atoms with Crippen molar-refractivity contribution in [3.8, 4) is 5.75 Å². The van der Waals surface area contributed by atoms with Crippen LogP contribution in [0.5, 0.6) is 5.75 Å². The number of nitrogens with zero attached hydrogens (tertiary/aromatic N) is 2. The Morgan fingerprint density at radius 1 is 1.14 bits per heavy atom. The van der Waals surface area contributed by atoms with Crippen LogP contribution in [-0.4, -0.2) is 56.7 Å². The first-order chi connectivity index (χ1) is 10.2. The lowest BCUT2D eigenvalue weighted by atomic mass is 9.92. The van der Waals surface area contributed by atoms with Crippen molar-refractivity contribution in [2.75, 3.05) is 46.9 Å². The SMILES string of the molecule is CN(C)CCCC1CCN(CCOc2ccccc2)CC1. The molecule has 118 valence electrons. The zero-order valence-electron chi connectivity index (χ0n) is 13.6. The van der Waals surface area contributed by atoms with Crippen molar-refractivity contribution >= 4 is 0 Å². The number of likely N-dealkylation sites (tertiary alicyclic amines) is 1. The van der Waals surface area contributed by atoms with Crippen molar-refractivity contribution in [2.45, 2.75) is 25.7 Å². The van der Waals surface area contributed by atoms with Gasteiger partial charge in [-0.3, -0.25) is 4.90 Å². The number of piperidine rings is 1. The molecule has 1 aliphatic rings. The standard InChI is InChI=1S/C18H30N2O/c1-19(2)12-6-7-17-10-13-20(14-11-17)15-16-21-18-8-4-3-5-9-18/h3-5,8-9,17H,6-7,10-16H2,1-2H3. The maximum absolute atomic E-state index is 5.78. The van der Waals surface area contributed by atoms with E-state index < -0.39 is 0 Å². The zero-order valence-corrected chi connectivity index (χ0v) is 13.6. The Labute approximate surface area is 129 Å². The Hall–Kier alpha value is -1.06. The van der Waals surface area contributed by atoms with Crippen LogP contribution in [0.4, 0.5) is 0 Å². The fourth-order valence-electron chi connectivity index (χ4n) is 3.00. The van der Waals surface area contributed by atoms with Gasteiger partial charge in [-0.25, -0.2) is 0 Å². The molecule has 0 aliphatic carbocycles. The van der Waals surface area contributed by atoms with E-state index in [0.29, 0.717) is 0 Å². The van der Waals surface area contributed by atoms with Gasteiger partial charge in [-0.15, -0.1) is 0 Å². The monoisotopic (exact) mass is 290 g/mol. The smallest absolute Gasteiger partial charge is 0.119 e. The van der Waals surface area contributed by atoms with Crippen molar-refractivity contribution in [1.29, 1.82) is 0 Å². The fourth-order valence-corrected chi connectivity index (χ4v) is 3.00. The van der Waals surface area contributed by atoms with Crippen LogP contribution in [0.1, 0.15) is 25.7 Å². The fraction of sp³-hybridized carbons (Fsp3) is 0.667. The lowest BCUT2D eigenvalue weighted by molar-refractivity contribution is 0.149. The first-order valence-electron chi connectivity index (χ1n) is 8.29. The molecule has 21 heavy (non-hydrogen) atoms. The highest BCUT2D eigenvalue weighted by molar-refractivity contribution is 5.20. The van der Waals surface area contributed by atoms with E-state index in [2.05, 4.69) is 23.9 Å². The normalized spacial score (nSPS) is 17.3. The summed E-state index contributed by atoms with van der Waals surface area (Å²) in [6.07, 6.45) is 5.46. The molecule has 1 aliphatic heterocycles. The summed E-state index contributed by atoms with van der Waals surface area (Å²) in [5, 5.41) is 0. The van der Waals surface area contributed by atoms with Gasteiger partial charge in [-0.2, -0.15) is 0 Å². The molecule has 0 bridgehead atoms. The van der Waals surface area contributed by atoms with E-state index in [0.717, 1.165) is 24.8 Å². The van der Waals surface area contributed by atoms with E-state index in [-0.39, 0.29) is 0 Å². The summed E-state index contributed by atoms with van der Waals surface area (Å²) in [6.45, 7) is 5.56.